The number of nitrogens with zero attached hydrogens (tertiary/aromatic N) is 1. The lowest BCUT2D eigenvalue weighted by molar-refractivity contribution is 0.288. The van der Waals surface area contributed by atoms with Crippen molar-refractivity contribution in [3.05, 3.63) is 136 Å². The topological polar surface area (TPSA) is 77.4 Å². The van der Waals surface area contributed by atoms with Crippen LogP contribution in [0.4, 0.5) is 0 Å². The number of benzene rings is 4. The Hall–Kier alpha value is -4.58. The second-order valence-corrected chi connectivity index (χ2v) is 8.66. The van der Waals surface area contributed by atoms with Crippen molar-refractivity contribution in [1.82, 2.24) is 10.2 Å². The van der Waals surface area contributed by atoms with E-state index in [2.05, 4.69) is 29.3 Å². The lowest BCUT2D eigenvalue weighted by atomic mass is 9.90. The van der Waals surface area contributed by atoms with Gasteiger partial charge in [0.05, 0.1) is 6.42 Å². The third-order valence-corrected chi connectivity index (χ3v) is 6.17. The molecule has 1 heterocycles. The summed E-state index contributed by atoms with van der Waals surface area (Å²) < 4.78 is 18.1. The van der Waals surface area contributed by atoms with Crippen LogP contribution in [0.25, 0.3) is 11.1 Å². The maximum atomic E-state index is 11.7. The molecule has 186 valence electrons. The quantitative estimate of drug-likeness (QED) is 0.246. The Balaban J connectivity index is 1.64. The van der Waals surface area contributed by atoms with Gasteiger partial charge in [-0.25, -0.2) is 9.89 Å². The van der Waals surface area contributed by atoms with Crippen molar-refractivity contribution in [2.24, 2.45) is 0 Å². The summed E-state index contributed by atoms with van der Waals surface area (Å²) in [6.45, 7) is 2.92. The summed E-state index contributed by atoms with van der Waals surface area (Å²) in [7, 11) is 0. The van der Waals surface area contributed by atoms with Crippen molar-refractivity contribution in [3.8, 4) is 22.6 Å². The van der Waals surface area contributed by atoms with Crippen LogP contribution in [0.5, 0.6) is 11.5 Å². The van der Waals surface area contributed by atoms with Crippen LogP contribution >= 0.6 is 0 Å². The largest absolute Gasteiger partial charge is 0.488 e. The van der Waals surface area contributed by atoms with Gasteiger partial charge in [0.2, 0.25) is 5.89 Å². The molecule has 5 aromatic rings. The van der Waals surface area contributed by atoms with Crippen LogP contribution < -0.4 is 15.2 Å². The highest BCUT2D eigenvalue weighted by molar-refractivity contribution is 5.77. The molecule has 0 fully saturated rings. The van der Waals surface area contributed by atoms with E-state index < -0.39 is 5.76 Å². The van der Waals surface area contributed by atoms with Crippen molar-refractivity contribution < 1.29 is 13.9 Å². The number of aromatic amines is 1. The molecule has 1 N–H and O–H groups in total. The molecule has 0 spiro atoms. The van der Waals surface area contributed by atoms with Crippen LogP contribution in [0.2, 0.25) is 0 Å². The summed E-state index contributed by atoms with van der Waals surface area (Å²) in [5, 5.41) is 6.46. The van der Waals surface area contributed by atoms with Gasteiger partial charge in [-0.3, -0.25) is 0 Å². The zero-order chi connectivity index (χ0) is 25.5. The summed E-state index contributed by atoms with van der Waals surface area (Å²) in [6, 6.07) is 32.2. The van der Waals surface area contributed by atoms with E-state index in [0.717, 1.165) is 39.1 Å². The predicted octanol–water partition coefficient (Wildman–Crippen LogP) is 6.34. The second kappa shape index (κ2) is 11.4. The van der Waals surface area contributed by atoms with Crippen LogP contribution in [-0.4, -0.2) is 10.2 Å². The van der Waals surface area contributed by atoms with E-state index >= 15 is 0 Å². The van der Waals surface area contributed by atoms with E-state index in [-0.39, 0.29) is 0 Å². The maximum absolute atomic E-state index is 11.7. The van der Waals surface area contributed by atoms with Crippen LogP contribution in [0.15, 0.2) is 106 Å². The summed E-state index contributed by atoms with van der Waals surface area (Å²) in [5.74, 6) is 1.17. The Morgan fingerprint density at radius 3 is 1.86 bits per heavy atom. The van der Waals surface area contributed by atoms with Gasteiger partial charge in [0.25, 0.3) is 0 Å². The SMILES string of the molecule is CCc1c(OCc2ccccc2)cc(OCc2ccccc2)c(-c2ccccc2)c1Cc1n[nH]c(=O)o1. The molecule has 6 nitrogen and oxygen atoms in total. The average molecular weight is 493 g/mol. The average Bonchev–Trinajstić information content (AvgIpc) is 3.36. The molecule has 0 aliphatic heterocycles. The van der Waals surface area contributed by atoms with Crippen LogP contribution in [-0.2, 0) is 26.1 Å². The van der Waals surface area contributed by atoms with Gasteiger partial charge in [-0.05, 0) is 34.2 Å². The molecule has 5 rings (SSSR count). The Morgan fingerprint density at radius 2 is 1.32 bits per heavy atom. The maximum Gasteiger partial charge on any atom is 0.434 e. The highest BCUT2D eigenvalue weighted by Crippen LogP contribution is 2.42. The number of hydrogen-bond acceptors (Lipinski definition) is 5. The predicted molar refractivity (Wildman–Crippen MR) is 143 cm³/mol. The minimum absolute atomic E-state index is 0.311. The second-order valence-electron chi connectivity index (χ2n) is 8.66. The van der Waals surface area contributed by atoms with Crippen molar-refractivity contribution in [2.75, 3.05) is 0 Å². The molecule has 0 aliphatic carbocycles. The molecule has 0 aliphatic rings. The molecule has 0 unspecified atom stereocenters. The molecular weight excluding hydrogens is 464 g/mol. The van der Waals surface area contributed by atoms with Crippen LogP contribution in [0.1, 0.15) is 35.1 Å². The van der Waals surface area contributed by atoms with Crippen molar-refractivity contribution >= 4 is 0 Å². The number of H-pyrrole nitrogens is 1. The normalized spacial score (nSPS) is 10.8. The Bertz CT molecular complexity index is 1490. The van der Waals surface area contributed by atoms with Gasteiger partial charge in [0, 0.05) is 11.6 Å². The zero-order valence-corrected chi connectivity index (χ0v) is 20.6. The van der Waals surface area contributed by atoms with Crippen molar-refractivity contribution in [3.63, 3.8) is 0 Å². The fourth-order valence-electron chi connectivity index (χ4n) is 4.43. The first-order valence-electron chi connectivity index (χ1n) is 12.3. The summed E-state index contributed by atoms with van der Waals surface area (Å²) in [5.41, 5.74) is 6.05. The summed E-state index contributed by atoms with van der Waals surface area (Å²) >= 11 is 0. The Labute approximate surface area is 215 Å². The molecule has 6 heteroatoms. The third kappa shape index (κ3) is 5.81. The zero-order valence-electron chi connectivity index (χ0n) is 20.6. The fourth-order valence-corrected chi connectivity index (χ4v) is 4.43. The monoisotopic (exact) mass is 492 g/mol. The first-order valence-corrected chi connectivity index (χ1v) is 12.3. The molecule has 0 amide bonds. The van der Waals surface area contributed by atoms with Crippen LogP contribution in [0, 0.1) is 0 Å². The van der Waals surface area contributed by atoms with Gasteiger partial charge in [-0.1, -0.05) is 97.9 Å². The molecule has 0 atom stereocenters. The molecule has 0 saturated heterocycles. The van der Waals surface area contributed by atoms with Gasteiger partial charge in [-0.2, -0.15) is 0 Å². The van der Waals surface area contributed by atoms with E-state index in [1.807, 2.05) is 84.9 Å². The molecular formula is C31H28N2O4. The lowest BCUT2D eigenvalue weighted by Gasteiger charge is -2.22. The number of nitrogens with one attached hydrogen (secondary N) is 1. The molecule has 0 radical (unpaired) electrons. The number of rotatable bonds is 10. The number of hydrogen-bond donors (Lipinski definition) is 1. The standard InChI is InChI=1S/C31H28N2O4/c1-2-25-26(18-29-32-33-31(34)37-29)30(24-16-10-5-11-17-24)28(36-21-23-14-8-4-9-15-23)19-27(25)35-20-22-12-6-3-7-13-22/h3-17,19H,2,18,20-21H2,1H3,(H,33,34). The van der Waals surface area contributed by atoms with Crippen molar-refractivity contribution in [1.29, 1.82) is 0 Å². The molecule has 0 bridgehead atoms. The highest BCUT2D eigenvalue weighted by Gasteiger charge is 2.22. The highest BCUT2D eigenvalue weighted by atomic mass is 16.5. The molecule has 4 aromatic carbocycles. The minimum Gasteiger partial charge on any atom is -0.488 e. The number of aromatic nitrogens is 2. The summed E-state index contributed by atoms with van der Waals surface area (Å²) in [4.78, 5) is 11.7. The van der Waals surface area contributed by atoms with E-state index in [1.165, 1.54) is 0 Å². The van der Waals surface area contributed by atoms with E-state index in [9.17, 15) is 4.79 Å². The van der Waals surface area contributed by atoms with Gasteiger partial charge < -0.3 is 13.9 Å². The number of ether oxygens (including phenoxy) is 2. The third-order valence-electron chi connectivity index (χ3n) is 6.17. The van der Waals surface area contributed by atoms with Gasteiger partial charge in [0.1, 0.15) is 24.7 Å². The Kier molecular flexibility index (Phi) is 7.46. The first kappa shape index (κ1) is 24.1. The van der Waals surface area contributed by atoms with E-state index in [1.54, 1.807) is 0 Å². The van der Waals surface area contributed by atoms with Gasteiger partial charge >= 0.3 is 5.76 Å². The first-order chi connectivity index (χ1) is 18.2. The minimum atomic E-state index is -0.577. The van der Waals surface area contributed by atoms with Gasteiger partial charge in [-0.15, -0.1) is 5.10 Å². The van der Waals surface area contributed by atoms with Crippen LogP contribution in [0.3, 0.4) is 0 Å². The van der Waals surface area contributed by atoms with Gasteiger partial charge in [0.15, 0.2) is 0 Å². The molecule has 0 saturated carbocycles. The van der Waals surface area contributed by atoms with E-state index in [4.69, 9.17) is 13.9 Å². The van der Waals surface area contributed by atoms with Crippen molar-refractivity contribution in [2.45, 2.75) is 33.0 Å². The lowest BCUT2D eigenvalue weighted by Crippen LogP contribution is -2.07. The fraction of sp³-hybridized carbons (Fsp3) is 0.161. The Morgan fingerprint density at radius 1 is 0.757 bits per heavy atom. The molecule has 37 heavy (non-hydrogen) atoms. The summed E-state index contributed by atoms with van der Waals surface area (Å²) in [6.07, 6.45) is 1.03. The smallest absolute Gasteiger partial charge is 0.434 e. The van der Waals surface area contributed by atoms with E-state index in [0.29, 0.717) is 37.7 Å². The molecule has 1 aromatic heterocycles.